The van der Waals surface area contributed by atoms with Crippen LogP contribution in [0.15, 0.2) is 18.2 Å². The van der Waals surface area contributed by atoms with Crippen LogP contribution >= 0.6 is 0 Å². The van der Waals surface area contributed by atoms with Crippen molar-refractivity contribution in [2.75, 3.05) is 5.32 Å². The van der Waals surface area contributed by atoms with Crippen molar-refractivity contribution in [3.05, 3.63) is 29.3 Å². The second-order valence-corrected chi connectivity index (χ2v) is 6.94. The second kappa shape index (κ2) is 5.68. The molecule has 6 heteroatoms. The van der Waals surface area contributed by atoms with E-state index < -0.39 is 23.1 Å². The van der Waals surface area contributed by atoms with E-state index in [1.54, 1.807) is 45.9 Å². The average Bonchev–Trinajstić information content (AvgIpc) is 2.35. The Morgan fingerprint density at radius 2 is 1.87 bits per heavy atom. The van der Waals surface area contributed by atoms with Gasteiger partial charge in [0.2, 0.25) is 0 Å². The van der Waals surface area contributed by atoms with Crippen molar-refractivity contribution >= 4 is 23.5 Å². The maximum absolute atomic E-state index is 11.9. The minimum atomic E-state index is -1.19. The topological polar surface area (TPSA) is 92.7 Å². The highest BCUT2D eigenvalue weighted by Gasteiger charge is 2.51. The first kappa shape index (κ1) is 17.0. The third-order valence-electron chi connectivity index (χ3n) is 3.83. The molecule has 6 nitrogen and oxygen atoms in total. The van der Waals surface area contributed by atoms with E-state index in [1.165, 1.54) is 0 Å². The van der Waals surface area contributed by atoms with Gasteiger partial charge in [0.05, 0.1) is 0 Å². The number of ether oxygens (including phenoxy) is 1. The number of anilines is 1. The lowest BCUT2D eigenvalue weighted by Crippen LogP contribution is -2.48. The summed E-state index contributed by atoms with van der Waals surface area (Å²) < 4.78 is 5.21. The Kier molecular flexibility index (Phi) is 4.20. The molecular weight excluding hydrogens is 298 g/mol. The van der Waals surface area contributed by atoms with Crippen molar-refractivity contribution < 1.29 is 24.2 Å². The molecule has 1 aromatic carbocycles. The summed E-state index contributed by atoms with van der Waals surface area (Å²) in [7, 11) is 0. The lowest BCUT2D eigenvalue weighted by Gasteiger charge is -2.37. The number of hydrogen-bond acceptors (Lipinski definition) is 4. The predicted molar refractivity (Wildman–Crippen MR) is 84.6 cm³/mol. The first-order valence-corrected chi connectivity index (χ1v) is 7.40. The van der Waals surface area contributed by atoms with Crippen LogP contribution in [0, 0.1) is 6.92 Å². The summed E-state index contributed by atoms with van der Waals surface area (Å²) >= 11 is 0. The molecule has 0 radical (unpaired) electrons. The van der Waals surface area contributed by atoms with Crippen LogP contribution in [-0.4, -0.2) is 28.6 Å². The fourth-order valence-electron chi connectivity index (χ4n) is 2.57. The number of aliphatic carboxylic acids is 1. The standard InChI is InChI=1S/C17H21NO5/c1-10-5-6-11(17(14(20)21)8-12(19)9-17)7-13(10)18-15(22)23-16(2,3)4/h5-7H,8-9H2,1-4H3,(H,18,22)(H,20,21). The number of hydrogen-bond donors (Lipinski definition) is 2. The molecular formula is C17H21NO5. The largest absolute Gasteiger partial charge is 0.481 e. The molecule has 0 bridgehead atoms. The van der Waals surface area contributed by atoms with Crippen molar-refractivity contribution in [3.8, 4) is 0 Å². The van der Waals surface area contributed by atoms with Crippen molar-refractivity contribution in [3.63, 3.8) is 0 Å². The monoisotopic (exact) mass is 319 g/mol. The van der Waals surface area contributed by atoms with Gasteiger partial charge in [0, 0.05) is 18.5 Å². The molecule has 0 atom stereocenters. The van der Waals surface area contributed by atoms with Gasteiger partial charge in [-0.15, -0.1) is 0 Å². The van der Waals surface area contributed by atoms with Gasteiger partial charge >= 0.3 is 12.1 Å². The van der Waals surface area contributed by atoms with E-state index in [2.05, 4.69) is 5.32 Å². The van der Waals surface area contributed by atoms with Crippen molar-refractivity contribution in [1.82, 2.24) is 0 Å². The number of rotatable bonds is 3. The summed E-state index contributed by atoms with van der Waals surface area (Å²) in [5.74, 6) is -1.10. The zero-order valence-corrected chi connectivity index (χ0v) is 13.7. The molecule has 1 aromatic rings. The summed E-state index contributed by atoms with van der Waals surface area (Å²) in [6, 6.07) is 5.03. The number of ketones is 1. The van der Waals surface area contributed by atoms with Gasteiger partial charge in [-0.25, -0.2) is 4.79 Å². The van der Waals surface area contributed by atoms with E-state index >= 15 is 0 Å². The maximum atomic E-state index is 11.9. The molecule has 1 aliphatic carbocycles. The van der Waals surface area contributed by atoms with E-state index in [0.29, 0.717) is 11.3 Å². The molecule has 23 heavy (non-hydrogen) atoms. The van der Waals surface area contributed by atoms with Crippen LogP contribution < -0.4 is 5.32 Å². The fraction of sp³-hybridized carbons (Fsp3) is 0.471. The molecule has 124 valence electrons. The van der Waals surface area contributed by atoms with Crippen LogP contribution in [-0.2, 0) is 19.7 Å². The number of Topliss-reactive ketones (excluding diaryl/α,β-unsaturated/α-hetero) is 1. The Bertz CT molecular complexity index is 664. The van der Waals surface area contributed by atoms with E-state index in [1.807, 2.05) is 0 Å². The summed E-state index contributed by atoms with van der Waals surface area (Å²) in [6.07, 6.45) is -0.638. The third kappa shape index (κ3) is 3.52. The molecule has 0 aliphatic heterocycles. The molecule has 1 fully saturated rings. The molecule has 1 amide bonds. The molecule has 1 saturated carbocycles. The van der Waals surface area contributed by atoms with Gasteiger partial charge in [0.1, 0.15) is 16.8 Å². The number of carboxylic acid groups (broad SMARTS) is 1. The zero-order valence-electron chi connectivity index (χ0n) is 13.7. The Hall–Kier alpha value is -2.37. The van der Waals surface area contributed by atoms with Crippen LogP contribution in [0.5, 0.6) is 0 Å². The molecule has 0 spiro atoms. The highest BCUT2D eigenvalue weighted by Crippen LogP contribution is 2.42. The highest BCUT2D eigenvalue weighted by molar-refractivity contribution is 6.01. The van der Waals surface area contributed by atoms with E-state index in [-0.39, 0.29) is 18.6 Å². The number of amides is 1. The Balaban J connectivity index is 2.27. The SMILES string of the molecule is Cc1ccc(C2(C(=O)O)CC(=O)C2)cc1NC(=O)OC(C)(C)C. The summed E-state index contributed by atoms with van der Waals surface area (Å²) in [6.45, 7) is 7.08. The van der Waals surface area contributed by atoms with Crippen LogP contribution in [0.25, 0.3) is 0 Å². The van der Waals surface area contributed by atoms with Gasteiger partial charge in [-0.3, -0.25) is 14.9 Å². The molecule has 0 aromatic heterocycles. The van der Waals surface area contributed by atoms with Gasteiger partial charge in [-0.2, -0.15) is 0 Å². The lowest BCUT2D eigenvalue weighted by molar-refractivity contribution is -0.153. The van der Waals surface area contributed by atoms with Crippen LogP contribution in [0.2, 0.25) is 0 Å². The van der Waals surface area contributed by atoms with Crippen LogP contribution in [0.3, 0.4) is 0 Å². The molecule has 2 rings (SSSR count). The minimum absolute atomic E-state index is 0.0166. The number of carboxylic acids is 1. The van der Waals surface area contributed by atoms with Gasteiger partial charge in [0.15, 0.2) is 0 Å². The average molecular weight is 319 g/mol. The van der Waals surface area contributed by atoms with Crippen molar-refractivity contribution in [1.29, 1.82) is 0 Å². The Labute approximate surface area is 134 Å². The normalized spacial score (nSPS) is 16.4. The van der Waals surface area contributed by atoms with Crippen LogP contribution in [0.4, 0.5) is 10.5 Å². The van der Waals surface area contributed by atoms with E-state index in [4.69, 9.17) is 4.74 Å². The first-order valence-electron chi connectivity index (χ1n) is 7.40. The molecule has 2 N–H and O–H groups in total. The Morgan fingerprint density at radius 3 is 2.35 bits per heavy atom. The maximum Gasteiger partial charge on any atom is 0.412 e. The summed E-state index contributed by atoms with van der Waals surface area (Å²) in [4.78, 5) is 34.8. The summed E-state index contributed by atoms with van der Waals surface area (Å²) in [5, 5.41) is 12.1. The second-order valence-electron chi connectivity index (χ2n) is 6.94. The minimum Gasteiger partial charge on any atom is -0.481 e. The van der Waals surface area contributed by atoms with Gasteiger partial charge in [0.25, 0.3) is 0 Å². The van der Waals surface area contributed by atoms with E-state index in [9.17, 15) is 19.5 Å². The zero-order chi connectivity index (χ0) is 17.4. The van der Waals surface area contributed by atoms with Crippen LogP contribution in [0.1, 0.15) is 44.7 Å². The lowest BCUT2D eigenvalue weighted by atomic mass is 9.63. The molecule has 0 saturated heterocycles. The van der Waals surface area contributed by atoms with E-state index in [0.717, 1.165) is 5.56 Å². The molecule has 0 heterocycles. The first-order chi connectivity index (χ1) is 10.5. The highest BCUT2D eigenvalue weighted by atomic mass is 16.6. The van der Waals surface area contributed by atoms with Crippen molar-refractivity contribution in [2.24, 2.45) is 0 Å². The molecule has 1 aliphatic rings. The van der Waals surface area contributed by atoms with Crippen molar-refractivity contribution in [2.45, 2.75) is 51.6 Å². The quantitative estimate of drug-likeness (QED) is 0.893. The van der Waals surface area contributed by atoms with Gasteiger partial charge in [-0.1, -0.05) is 12.1 Å². The number of benzene rings is 1. The van der Waals surface area contributed by atoms with Gasteiger partial charge < -0.3 is 9.84 Å². The third-order valence-corrected chi connectivity index (χ3v) is 3.83. The number of carbonyl (C=O) groups is 3. The predicted octanol–water partition coefficient (Wildman–Crippen LogP) is 3.03. The number of carbonyl (C=O) groups excluding carboxylic acids is 2. The van der Waals surface area contributed by atoms with Gasteiger partial charge in [-0.05, 0) is 44.9 Å². The Morgan fingerprint density at radius 1 is 1.26 bits per heavy atom. The molecule has 0 unspecified atom stereocenters. The number of nitrogens with one attached hydrogen (secondary N) is 1. The summed E-state index contributed by atoms with van der Waals surface area (Å²) in [5.41, 5.74) is -0.0308. The smallest absolute Gasteiger partial charge is 0.412 e. The fourth-order valence-corrected chi connectivity index (χ4v) is 2.57. The number of aryl methyl sites for hydroxylation is 1.